The van der Waals surface area contributed by atoms with Crippen LogP contribution in [0.1, 0.15) is 19.3 Å². The highest BCUT2D eigenvalue weighted by atomic mass is 32.2. The van der Waals surface area contributed by atoms with E-state index in [2.05, 4.69) is 9.97 Å². The zero-order valence-electron chi connectivity index (χ0n) is 16.5. The van der Waals surface area contributed by atoms with Gasteiger partial charge in [0.1, 0.15) is 10.9 Å². The van der Waals surface area contributed by atoms with Gasteiger partial charge in [0.05, 0.1) is 10.6 Å². The molecule has 4 rings (SSSR count). The number of H-pyrrole nitrogens is 1. The Morgan fingerprint density at radius 3 is 2.27 bits per heavy atom. The lowest BCUT2D eigenvalue weighted by Crippen LogP contribution is -2.36. The SMILES string of the molecule is O=C(CSc1nc(-c2ccccc2)[nH]c1S(=O)(=O)c1ccccc1)N1CCCCC1. The molecule has 1 N–H and O–H groups in total. The van der Waals surface area contributed by atoms with Gasteiger partial charge in [-0.1, -0.05) is 60.3 Å². The fraction of sp³-hybridized carbons (Fsp3) is 0.273. The smallest absolute Gasteiger partial charge is 0.232 e. The Kier molecular flexibility index (Phi) is 6.24. The summed E-state index contributed by atoms with van der Waals surface area (Å²) in [6.07, 6.45) is 3.19. The van der Waals surface area contributed by atoms with E-state index in [1.54, 1.807) is 30.3 Å². The van der Waals surface area contributed by atoms with Gasteiger partial charge in [0.25, 0.3) is 0 Å². The number of aromatic nitrogens is 2. The molecule has 6 nitrogen and oxygen atoms in total. The second-order valence-electron chi connectivity index (χ2n) is 7.13. The lowest BCUT2D eigenvalue weighted by molar-refractivity contribution is -0.129. The molecule has 2 heterocycles. The van der Waals surface area contributed by atoms with Crippen LogP contribution in [0.25, 0.3) is 11.4 Å². The van der Waals surface area contributed by atoms with Gasteiger partial charge in [0.15, 0.2) is 5.03 Å². The van der Waals surface area contributed by atoms with Gasteiger partial charge in [-0.25, -0.2) is 13.4 Å². The Morgan fingerprint density at radius 2 is 1.60 bits per heavy atom. The number of imidazole rings is 1. The van der Waals surface area contributed by atoms with Crippen molar-refractivity contribution in [1.29, 1.82) is 0 Å². The van der Waals surface area contributed by atoms with Gasteiger partial charge in [-0.05, 0) is 31.4 Å². The van der Waals surface area contributed by atoms with Gasteiger partial charge in [0, 0.05) is 18.7 Å². The number of nitrogens with zero attached hydrogens (tertiary/aromatic N) is 2. The van der Waals surface area contributed by atoms with E-state index in [-0.39, 0.29) is 21.6 Å². The van der Waals surface area contributed by atoms with E-state index in [1.807, 2.05) is 35.2 Å². The predicted molar refractivity (Wildman–Crippen MR) is 117 cm³/mol. The summed E-state index contributed by atoms with van der Waals surface area (Å²) in [4.78, 5) is 22.2. The fourth-order valence-corrected chi connectivity index (χ4v) is 5.98. The summed E-state index contributed by atoms with van der Waals surface area (Å²) < 4.78 is 26.5. The van der Waals surface area contributed by atoms with Crippen LogP contribution in [-0.2, 0) is 14.6 Å². The third kappa shape index (κ3) is 4.44. The first-order valence-electron chi connectivity index (χ1n) is 9.92. The molecule has 2 aromatic carbocycles. The molecule has 3 aromatic rings. The third-order valence-electron chi connectivity index (χ3n) is 5.05. The number of carbonyl (C=O) groups excluding carboxylic acids is 1. The van der Waals surface area contributed by atoms with E-state index >= 15 is 0 Å². The Balaban J connectivity index is 1.66. The number of piperidine rings is 1. The van der Waals surface area contributed by atoms with Crippen molar-refractivity contribution in [1.82, 2.24) is 14.9 Å². The van der Waals surface area contributed by atoms with Gasteiger partial charge >= 0.3 is 0 Å². The molecule has 1 amide bonds. The summed E-state index contributed by atoms with van der Waals surface area (Å²) in [5, 5.41) is 0.354. The summed E-state index contributed by atoms with van der Waals surface area (Å²) >= 11 is 1.17. The first kappa shape index (κ1) is 20.7. The number of rotatable bonds is 6. The molecular weight excluding hydrogens is 418 g/mol. The number of carbonyl (C=O) groups is 1. The van der Waals surface area contributed by atoms with Gasteiger partial charge < -0.3 is 9.88 Å². The van der Waals surface area contributed by atoms with Crippen molar-refractivity contribution in [2.24, 2.45) is 0 Å². The molecule has 8 heteroatoms. The number of amides is 1. The van der Waals surface area contributed by atoms with Gasteiger partial charge in [-0.2, -0.15) is 0 Å². The molecule has 0 bridgehead atoms. The highest BCUT2D eigenvalue weighted by molar-refractivity contribution is 8.00. The average Bonchev–Trinajstić information content (AvgIpc) is 3.24. The van der Waals surface area contributed by atoms with E-state index in [1.165, 1.54) is 11.8 Å². The van der Waals surface area contributed by atoms with Crippen molar-refractivity contribution in [3.05, 3.63) is 60.7 Å². The van der Waals surface area contributed by atoms with Crippen LogP contribution >= 0.6 is 11.8 Å². The largest absolute Gasteiger partial charge is 0.342 e. The normalized spacial score (nSPS) is 14.6. The lowest BCUT2D eigenvalue weighted by Gasteiger charge is -2.26. The molecule has 30 heavy (non-hydrogen) atoms. The zero-order chi connectivity index (χ0) is 21.0. The van der Waals surface area contributed by atoms with E-state index in [0.29, 0.717) is 10.9 Å². The van der Waals surface area contributed by atoms with Crippen molar-refractivity contribution in [2.45, 2.75) is 34.2 Å². The molecular formula is C22H23N3O3S2. The second kappa shape index (κ2) is 9.06. The minimum absolute atomic E-state index is 0.0204. The Morgan fingerprint density at radius 1 is 0.967 bits per heavy atom. The summed E-state index contributed by atoms with van der Waals surface area (Å²) in [5.41, 5.74) is 0.788. The number of hydrogen-bond acceptors (Lipinski definition) is 5. The van der Waals surface area contributed by atoms with Crippen molar-refractivity contribution < 1.29 is 13.2 Å². The maximum absolute atomic E-state index is 13.3. The van der Waals surface area contributed by atoms with Crippen LogP contribution in [0.4, 0.5) is 0 Å². The van der Waals surface area contributed by atoms with Crippen molar-refractivity contribution in [3.63, 3.8) is 0 Å². The molecule has 1 saturated heterocycles. The summed E-state index contributed by atoms with van der Waals surface area (Å²) in [6.45, 7) is 1.54. The quantitative estimate of drug-likeness (QED) is 0.584. The Hall–Kier alpha value is -2.58. The van der Waals surface area contributed by atoms with Gasteiger partial charge in [-0.3, -0.25) is 4.79 Å². The number of benzene rings is 2. The second-order valence-corrected chi connectivity index (χ2v) is 9.98. The summed E-state index contributed by atoms with van der Waals surface area (Å²) in [7, 11) is -3.79. The van der Waals surface area contributed by atoms with Gasteiger partial charge in [-0.15, -0.1) is 0 Å². The van der Waals surface area contributed by atoms with Crippen LogP contribution < -0.4 is 0 Å². The molecule has 0 unspecified atom stereocenters. The van der Waals surface area contributed by atoms with Crippen molar-refractivity contribution >= 4 is 27.5 Å². The molecule has 0 atom stereocenters. The topological polar surface area (TPSA) is 83.1 Å². The molecule has 0 spiro atoms. The predicted octanol–water partition coefficient (Wildman–Crippen LogP) is 4.01. The van der Waals surface area contributed by atoms with Crippen molar-refractivity contribution in [3.8, 4) is 11.4 Å². The minimum atomic E-state index is -3.79. The Labute approximate surface area is 180 Å². The number of nitrogens with one attached hydrogen (secondary N) is 1. The number of hydrogen-bond donors (Lipinski definition) is 1. The maximum Gasteiger partial charge on any atom is 0.232 e. The number of sulfone groups is 1. The van der Waals surface area contributed by atoms with E-state index in [0.717, 1.165) is 37.9 Å². The molecule has 0 radical (unpaired) electrons. The van der Waals surface area contributed by atoms with Crippen LogP contribution in [0.2, 0.25) is 0 Å². The molecule has 0 saturated carbocycles. The zero-order valence-corrected chi connectivity index (χ0v) is 18.1. The number of thioether (sulfide) groups is 1. The van der Waals surface area contributed by atoms with E-state index in [9.17, 15) is 13.2 Å². The van der Waals surface area contributed by atoms with Crippen LogP contribution in [-0.4, -0.2) is 48.0 Å². The molecule has 1 fully saturated rings. The third-order valence-corrected chi connectivity index (χ3v) is 7.87. The number of aromatic amines is 1. The van der Waals surface area contributed by atoms with E-state index in [4.69, 9.17) is 0 Å². The van der Waals surface area contributed by atoms with Gasteiger partial charge in [0.2, 0.25) is 15.7 Å². The monoisotopic (exact) mass is 441 g/mol. The molecule has 156 valence electrons. The Bertz CT molecular complexity index is 1110. The first-order chi connectivity index (χ1) is 14.6. The number of likely N-dealkylation sites (tertiary alicyclic amines) is 1. The maximum atomic E-state index is 13.3. The highest BCUT2D eigenvalue weighted by Crippen LogP contribution is 2.32. The average molecular weight is 442 g/mol. The highest BCUT2D eigenvalue weighted by Gasteiger charge is 2.27. The molecule has 1 aliphatic heterocycles. The van der Waals surface area contributed by atoms with Crippen LogP contribution in [0.15, 0.2) is 75.6 Å². The van der Waals surface area contributed by atoms with Crippen LogP contribution in [0.5, 0.6) is 0 Å². The van der Waals surface area contributed by atoms with Crippen LogP contribution in [0.3, 0.4) is 0 Å². The molecule has 1 aliphatic rings. The fourth-order valence-electron chi connectivity index (χ4n) is 3.44. The van der Waals surface area contributed by atoms with Crippen molar-refractivity contribution in [2.75, 3.05) is 18.8 Å². The first-order valence-corrected chi connectivity index (χ1v) is 12.4. The van der Waals surface area contributed by atoms with Crippen LogP contribution in [0, 0.1) is 0 Å². The molecule has 1 aromatic heterocycles. The summed E-state index contributed by atoms with van der Waals surface area (Å²) in [5.74, 6) is 0.654. The summed E-state index contributed by atoms with van der Waals surface area (Å²) in [6, 6.07) is 17.6. The minimum Gasteiger partial charge on any atom is -0.342 e. The van der Waals surface area contributed by atoms with E-state index < -0.39 is 9.84 Å². The standard InChI is InChI=1S/C22H23N3O3S2/c26-19(25-14-8-3-9-15-25)16-29-21-22(30(27,28)18-12-6-2-7-13-18)24-20(23-21)17-10-4-1-5-11-17/h1-2,4-7,10-13H,3,8-9,14-16H2,(H,23,24). The molecule has 0 aliphatic carbocycles. The lowest BCUT2D eigenvalue weighted by atomic mass is 10.1.